The molecule has 8 heteroatoms. The molecule has 2 aliphatic heterocycles. The van der Waals surface area contributed by atoms with E-state index in [0.29, 0.717) is 16.9 Å². The second-order valence-electron chi connectivity index (χ2n) is 7.61. The van der Waals surface area contributed by atoms with Gasteiger partial charge in [-0.3, -0.25) is 4.79 Å². The maximum Gasteiger partial charge on any atom is 0.258 e. The molecule has 2 fully saturated rings. The van der Waals surface area contributed by atoms with Gasteiger partial charge in [-0.1, -0.05) is 12.1 Å². The van der Waals surface area contributed by atoms with Crippen LogP contribution < -0.4 is 15.4 Å². The lowest BCUT2D eigenvalue weighted by molar-refractivity contribution is -1.03. The van der Waals surface area contributed by atoms with Crippen LogP contribution in [-0.2, 0) is 9.84 Å². The fourth-order valence-electron chi connectivity index (χ4n) is 4.35. The summed E-state index contributed by atoms with van der Waals surface area (Å²) in [7, 11) is -2.82. The molecule has 0 radical (unpaired) electrons. The third-order valence-corrected chi connectivity index (χ3v) is 7.77. The van der Waals surface area contributed by atoms with Crippen LogP contribution in [0.1, 0.15) is 25.2 Å². The van der Waals surface area contributed by atoms with Gasteiger partial charge in [0.2, 0.25) is 0 Å². The fourth-order valence-corrected chi connectivity index (χ4v) is 6.18. The number of benzene rings is 1. The standard InChI is InChI=1S/C18H24N4O3S/c1-13(17-19-16-5-3-2-4-15(16)18(23)20-17)21-7-9-22(10-8-21)14-6-11-26(24,25)12-14/h2-5,13-14H,6-12H2,1H3,(H,19,20,23)/p+2/t13-,14-/m0/s1. The van der Waals surface area contributed by atoms with Gasteiger partial charge in [-0.25, -0.2) is 13.4 Å². The van der Waals surface area contributed by atoms with Crippen molar-refractivity contribution in [3.05, 3.63) is 40.4 Å². The summed E-state index contributed by atoms with van der Waals surface area (Å²) in [5.74, 6) is 1.42. The van der Waals surface area contributed by atoms with E-state index in [1.807, 2.05) is 18.2 Å². The Morgan fingerprint density at radius 2 is 1.92 bits per heavy atom. The summed E-state index contributed by atoms with van der Waals surface area (Å²) in [4.78, 5) is 22.7. The van der Waals surface area contributed by atoms with Gasteiger partial charge in [-0.2, -0.15) is 0 Å². The van der Waals surface area contributed by atoms with Crippen LogP contribution in [0.2, 0.25) is 0 Å². The summed E-state index contributed by atoms with van der Waals surface area (Å²) in [5.41, 5.74) is 0.648. The van der Waals surface area contributed by atoms with E-state index in [0.717, 1.165) is 43.9 Å². The van der Waals surface area contributed by atoms with Crippen molar-refractivity contribution < 1.29 is 18.2 Å². The summed E-state index contributed by atoms with van der Waals surface area (Å²) < 4.78 is 23.4. The highest BCUT2D eigenvalue weighted by molar-refractivity contribution is 7.91. The van der Waals surface area contributed by atoms with E-state index in [1.165, 1.54) is 9.80 Å². The molecular formula is C18H26N4O3S+2. The highest BCUT2D eigenvalue weighted by atomic mass is 32.2. The number of aromatic nitrogens is 2. The molecule has 0 amide bonds. The van der Waals surface area contributed by atoms with Crippen LogP contribution in [0.15, 0.2) is 29.1 Å². The van der Waals surface area contributed by atoms with Gasteiger partial charge in [0.05, 0.1) is 16.7 Å². The number of hydrogen-bond acceptors (Lipinski definition) is 4. The Labute approximate surface area is 152 Å². The van der Waals surface area contributed by atoms with Gasteiger partial charge >= 0.3 is 0 Å². The first-order chi connectivity index (χ1) is 12.4. The zero-order chi connectivity index (χ0) is 18.3. The number of aromatic amines is 1. The van der Waals surface area contributed by atoms with E-state index < -0.39 is 9.84 Å². The van der Waals surface area contributed by atoms with Crippen LogP contribution in [0.4, 0.5) is 0 Å². The number of sulfone groups is 1. The molecule has 1 aromatic carbocycles. The van der Waals surface area contributed by atoms with E-state index in [9.17, 15) is 13.2 Å². The second-order valence-corrected chi connectivity index (χ2v) is 9.84. The quantitative estimate of drug-likeness (QED) is 0.574. The van der Waals surface area contributed by atoms with Crippen molar-refractivity contribution in [2.75, 3.05) is 37.7 Å². The first kappa shape index (κ1) is 17.6. The van der Waals surface area contributed by atoms with E-state index in [1.54, 1.807) is 6.07 Å². The molecule has 7 nitrogen and oxygen atoms in total. The Bertz CT molecular complexity index is 964. The largest absolute Gasteiger partial charge is 0.322 e. The highest BCUT2D eigenvalue weighted by Gasteiger charge is 2.39. The minimum atomic E-state index is -2.82. The number of piperazine rings is 1. The number of hydrogen-bond donors (Lipinski definition) is 3. The normalized spacial score (nSPS) is 29.7. The van der Waals surface area contributed by atoms with Crippen LogP contribution in [0.3, 0.4) is 0 Å². The minimum Gasteiger partial charge on any atom is -0.322 e. The second kappa shape index (κ2) is 6.75. The zero-order valence-corrected chi connectivity index (χ0v) is 15.8. The average Bonchev–Trinajstić information content (AvgIpc) is 3.01. The molecule has 2 atom stereocenters. The van der Waals surface area contributed by atoms with Crippen LogP contribution in [-0.4, -0.2) is 62.1 Å². The third-order valence-electron chi connectivity index (χ3n) is 6.00. The number of nitrogens with one attached hydrogen (secondary N) is 3. The molecule has 0 bridgehead atoms. The number of fused-ring (bicyclic) bond motifs is 1. The summed E-state index contributed by atoms with van der Waals surface area (Å²) in [6.45, 7) is 5.97. The lowest BCUT2D eigenvalue weighted by Crippen LogP contribution is -3.29. The van der Waals surface area contributed by atoms with Crippen molar-refractivity contribution in [3.8, 4) is 0 Å². The molecule has 3 heterocycles. The molecule has 3 N–H and O–H groups in total. The van der Waals surface area contributed by atoms with Crippen molar-refractivity contribution in [1.82, 2.24) is 9.97 Å². The van der Waals surface area contributed by atoms with Gasteiger partial charge in [-0.05, 0) is 19.1 Å². The van der Waals surface area contributed by atoms with Crippen molar-refractivity contribution in [2.45, 2.75) is 25.4 Å². The van der Waals surface area contributed by atoms with Crippen molar-refractivity contribution in [3.63, 3.8) is 0 Å². The molecule has 2 aromatic rings. The Morgan fingerprint density at radius 1 is 1.19 bits per heavy atom. The minimum absolute atomic E-state index is 0.0859. The maximum absolute atomic E-state index is 12.3. The van der Waals surface area contributed by atoms with E-state index in [-0.39, 0.29) is 17.6 Å². The summed E-state index contributed by atoms with van der Waals surface area (Å²) in [6.07, 6.45) is 0.794. The number of nitrogens with zero attached hydrogens (tertiary/aromatic N) is 1. The summed E-state index contributed by atoms with van der Waals surface area (Å²) in [6, 6.07) is 7.78. The molecule has 0 unspecified atom stereocenters. The van der Waals surface area contributed by atoms with Crippen molar-refractivity contribution in [1.29, 1.82) is 0 Å². The molecular weight excluding hydrogens is 352 g/mol. The predicted molar refractivity (Wildman–Crippen MR) is 99.2 cm³/mol. The first-order valence-electron chi connectivity index (χ1n) is 9.31. The number of para-hydroxylation sites is 1. The lowest BCUT2D eigenvalue weighted by Gasteiger charge is -2.35. The monoisotopic (exact) mass is 378 g/mol. The number of H-pyrrole nitrogens is 1. The average molecular weight is 378 g/mol. The molecule has 0 aliphatic carbocycles. The molecule has 26 heavy (non-hydrogen) atoms. The van der Waals surface area contributed by atoms with Crippen LogP contribution >= 0.6 is 0 Å². The first-order valence-corrected chi connectivity index (χ1v) is 11.1. The Kier molecular flexibility index (Phi) is 4.58. The van der Waals surface area contributed by atoms with Crippen molar-refractivity contribution in [2.24, 2.45) is 0 Å². The van der Waals surface area contributed by atoms with E-state index in [4.69, 9.17) is 0 Å². The third kappa shape index (κ3) is 3.41. The smallest absolute Gasteiger partial charge is 0.258 e. The van der Waals surface area contributed by atoms with Gasteiger partial charge in [-0.15, -0.1) is 0 Å². The van der Waals surface area contributed by atoms with Gasteiger partial charge < -0.3 is 14.8 Å². The number of rotatable bonds is 3. The van der Waals surface area contributed by atoms with Crippen molar-refractivity contribution >= 4 is 20.7 Å². The Balaban J connectivity index is 1.45. The Hall–Kier alpha value is -1.77. The highest BCUT2D eigenvalue weighted by Crippen LogP contribution is 2.10. The molecule has 0 spiro atoms. The van der Waals surface area contributed by atoms with Gasteiger partial charge in [0.15, 0.2) is 15.7 Å². The predicted octanol–water partition coefficient (Wildman–Crippen LogP) is -2.05. The lowest BCUT2D eigenvalue weighted by atomic mass is 10.1. The van der Waals surface area contributed by atoms with Crippen LogP contribution in [0, 0.1) is 0 Å². The molecule has 4 rings (SSSR count). The molecule has 2 aliphatic rings. The van der Waals surface area contributed by atoms with Crippen LogP contribution in [0.5, 0.6) is 0 Å². The van der Waals surface area contributed by atoms with Gasteiger partial charge in [0.25, 0.3) is 5.56 Å². The SMILES string of the molecule is C[C@@H](c1nc2ccccc2c(=O)[nH]1)[NH+]1CC[NH+]([C@H]2CCS(=O)(=O)C2)CC1. The topological polar surface area (TPSA) is 88.8 Å². The zero-order valence-electron chi connectivity index (χ0n) is 15.0. The van der Waals surface area contributed by atoms with E-state index in [2.05, 4.69) is 16.9 Å². The molecule has 140 valence electrons. The maximum atomic E-state index is 12.3. The van der Waals surface area contributed by atoms with Gasteiger partial charge in [0, 0.05) is 6.42 Å². The fraction of sp³-hybridized carbons (Fsp3) is 0.556. The molecule has 0 saturated carbocycles. The van der Waals surface area contributed by atoms with E-state index >= 15 is 0 Å². The number of quaternary nitrogens is 2. The Morgan fingerprint density at radius 3 is 2.62 bits per heavy atom. The summed E-state index contributed by atoms with van der Waals surface area (Å²) in [5, 5.41) is 0.621. The summed E-state index contributed by atoms with van der Waals surface area (Å²) >= 11 is 0. The van der Waals surface area contributed by atoms with Gasteiger partial charge in [0.1, 0.15) is 44.0 Å². The molecule has 1 aromatic heterocycles. The molecule has 2 saturated heterocycles. The van der Waals surface area contributed by atoms with Crippen LogP contribution in [0.25, 0.3) is 10.9 Å².